The summed E-state index contributed by atoms with van der Waals surface area (Å²) in [4.78, 5) is 15.8. The number of hydrogen-bond acceptors (Lipinski definition) is 3. The Morgan fingerprint density at radius 2 is 2.29 bits per heavy atom. The Morgan fingerprint density at radius 1 is 1.64 bits per heavy atom. The minimum absolute atomic E-state index is 0.108. The molecular formula is C10H21N3O. The van der Waals surface area contributed by atoms with Crippen molar-refractivity contribution in [2.45, 2.75) is 31.8 Å². The van der Waals surface area contributed by atoms with Gasteiger partial charge in [0.1, 0.15) is 0 Å². The van der Waals surface area contributed by atoms with E-state index in [9.17, 15) is 4.79 Å². The lowest BCUT2D eigenvalue weighted by molar-refractivity contribution is -0.131. The second kappa shape index (κ2) is 4.75. The number of nitrogens with zero attached hydrogens (tertiary/aromatic N) is 2. The molecule has 1 fully saturated rings. The summed E-state index contributed by atoms with van der Waals surface area (Å²) in [6, 6.07) is 0.193. The van der Waals surface area contributed by atoms with E-state index in [0.29, 0.717) is 6.04 Å². The van der Waals surface area contributed by atoms with E-state index in [1.54, 1.807) is 0 Å². The van der Waals surface area contributed by atoms with Crippen LogP contribution >= 0.6 is 0 Å². The third-order valence-electron chi connectivity index (χ3n) is 2.96. The summed E-state index contributed by atoms with van der Waals surface area (Å²) in [6.07, 6.45) is 1.79. The van der Waals surface area contributed by atoms with Gasteiger partial charge in [-0.25, -0.2) is 0 Å². The Labute approximate surface area is 86.0 Å². The number of rotatable bonds is 3. The first-order valence-electron chi connectivity index (χ1n) is 5.27. The molecule has 0 aromatic rings. The van der Waals surface area contributed by atoms with Crippen LogP contribution in [0.1, 0.15) is 19.8 Å². The Morgan fingerprint density at radius 3 is 2.71 bits per heavy atom. The van der Waals surface area contributed by atoms with Crippen LogP contribution in [0.4, 0.5) is 0 Å². The molecule has 2 N–H and O–H groups in total. The van der Waals surface area contributed by atoms with Crippen LogP contribution in [0.3, 0.4) is 0 Å². The van der Waals surface area contributed by atoms with Crippen molar-refractivity contribution in [1.82, 2.24) is 9.80 Å². The summed E-state index contributed by atoms with van der Waals surface area (Å²) < 4.78 is 0. The van der Waals surface area contributed by atoms with Crippen LogP contribution in [0.2, 0.25) is 0 Å². The number of likely N-dealkylation sites (N-methyl/N-ethyl adjacent to an activating group) is 1. The van der Waals surface area contributed by atoms with Crippen LogP contribution in [0, 0.1) is 0 Å². The van der Waals surface area contributed by atoms with Crippen LogP contribution in [0.15, 0.2) is 0 Å². The van der Waals surface area contributed by atoms with E-state index < -0.39 is 0 Å². The van der Waals surface area contributed by atoms with Crippen LogP contribution in [-0.4, -0.2) is 55.0 Å². The fraction of sp³-hybridized carbons (Fsp3) is 0.900. The second-order valence-corrected chi connectivity index (χ2v) is 4.21. The van der Waals surface area contributed by atoms with Crippen molar-refractivity contribution in [3.05, 3.63) is 0 Å². The molecule has 0 radical (unpaired) electrons. The molecule has 14 heavy (non-hydrogen) atoms. The molecule has 0 bridgehead atoms. The zero-order valence-corrected chi connectivity index (χ0v) is 9.36. The van der Waals surface area contributed by atoms with Crippen molar-refractivity contribution in [2.75, 3.05) is 27.2 Å². The largest absolute Gasteiger partial charge is 0.340 e. The molecule has 1 amide bonds. The molecule has 1 heterocycles. The Balaban J connectivity index is 2.45. The Bertz CT molecular complexity index is 206. The van der Waals surface area contributed by atoms with E-state index in [2.05, 4.69) is 19.0 Å². The maximum atomic E-state index is 11.7. The molecule has 0 aliphatic carbocycles. The molecule has 4 nitrogen and oxygen atoms in total. The van der Waals surface area contributed by atoms with E-state index in [1.807, 2.05) is 11.8 Å². The molecule has 1 unspecified atom stereocenters. The number of hydrogen-bond donors (Lipinski definition) is 1. The SMILES string of the molecule is CC[C@H](N)C(=O)N1CCC(N(C)C)C1. The summed E-state index contributed by atoms with van der Waals surface area (Å²) >= 11 is 0. The molecule has 82 valence electrons. The Hall–Kier alpha value is -0.610. The molecule has 0 aromatic carbocycles. The summed E-state index contributed by atoms with van der Waals surface area (Å²) in [5.74, 6) is 0.108. The highest BCUT2D eigenvalue weighted by molar-refractivity contribution is 5.81. The van der Waals surface area contributed by atoms with Crippen LogP contribution in [0.5, 0.6) is 0 Å². The van der Waals surface area contributed by atoms with E-state index in [1.165, 1.54) is 0 Å². The van der Waals surface area contributed by atoms with Crippen molar-refractivity contribution in [1.29, 1.82) is 0 Å². The van der Waals surface area contributed by atoms with Gasteiger partial charge in [0.05, 0.1) is 6.04 Å². The summed E-state index contributed by atoms with van der Waals surface area (Å²) in [5.41, 5.74) is 5.71. The third-order valence-corrected chi connectivity index (χ3v) is 2.96. The van der Waals surface area contributed by atoms with Gasteiger partial charge in [0.15, 0.2) is 0 Å². The molecule has 2 atom stereocenters. The number of likely N-dealkylation sites (tertiary alicyclic amines) is 1. The van der Waals surface area contributed by atoms with Gasteiger partial charge in [0.25, 0.3) is 0 Å². The van der Waals surface area contributed by atoms with E-state index in [0.717, 1.165) is 25.9 Å². The maximum Gasteiger partial charge on any atom is 0.239 e. The molecule has 1 aliphatic rings. The minimum Gasteiger partial charge on any atom is -0.340 e. The van der Waals surface area contributed by atoms with Gasteiger partial charge in [-0.1, -0.05) is 6.92 Å². The second-order valence-electron chi connectivity index (χ2n) is 4.21. The fourth-order valence-electron chi connectivity index (χ4n) is 1.77. The van der Waals surface area contributed by atoms with Crippen LogP contribution in [-0.2, 0) is 4.79 Å². The van der Waals surface area contributed by atoms with Gasteiger partial charge < -0.3 is 15.5 Å². The molecule has 1 aliphatic heterocycles. The molecule has 4 heteroatoms. The highest BCUT2D eigenvalue weighted by Crippen LogP contribution is 2.14. The van der Waals surface area contributed by atoms with E-state index in [4.69, 9.17) is 5.73 Å². The van der Waals surface area contributed by atoms with E-state index >= 15 is 0 Å². The molecule has 1 rings (SSSR count). The van der Waals surface area contributed by atoms with Crippen molar-refractivity contribution in [2.24, 2.45) is 5.73 Å². The maximum absolute atomic E-state index is 11.7. The summed E-state index contributed by atoms with van der Waals surface area (Å²) in [6.45, 7) is 3.64. The topological polar surface area (TPSA) is 49.6 Å². The molecule has 0 spiro atoms. The smallest absolute Gasteiger partial charge is 0.239 e. The number of carbonyl (C=O) groups is 1. The monoisotopic (exact) mass is 199 g/mol. The molecule has 0 aromatic heterocycles. The zero-order valence-electron chi connectivity index (χ0n) is 9.36. The first kappa shape index (κ1) is 11.5. The van der Waals surface area contributed by atoms with Gasteiger partial charge in [0.2, 0.25) is 5.91 Å². The number of amides is 1. The lowest BCUT2D eigenvalue weighted by Crippen LogP contribution is -2.43. The fourth-order valence-corrected chi connectivity index (χ4v) is 1.77. The van der Waals surface area contributed by atoms with Crippen LogP contribution < -0.4 is 5.73 Å². The Kier molecular flexibility index (Phi) is 3.89. The lowest BCUT2D eigenvalue weighted by Gasteiger charge is -2.22. The average Bonchev–Trinajstić information content (AvgIpc) is 2.64. The van der Waals surface area contributed by atoms with Crippen molar-refractivity contribution < 1.29 is 4.79 Å². The molecule has 0 saturated carbocycles. The number of nitrogens with two attached hydrogens (primary N) is 1. The van der Waals surface area contributed by atoms with Gasteiger partial charge in [-0.05, 0) is 26.9 Å². The summed E-state index contributed by atoms with van der Waals surface area (Å²) in [7, 11) is 4.11. The minimum atomic E-state index is -0.309. The van der Waals surface area contributed by atoms with E-state index in [-0.39, 0.29) is 11.9 Å². The van der Waals surface area contributed by atoms with Gasteiger partial charge in [-0.3, -0.25) is 4.79 Å². The normalized spacial score (nSPS) is 24.4. The molecular weight excluding hydrogens is 178 g/mol. The number of carbonyl (C=O) groups excluding carboxylic acids is 1. The third kappa shape index (κ3) is 2.45. The van der Waals surface area contributed by atoms with Gasteiger partial charge >= 0.3 is 0 Å². The molecule has 1 saturated heterocycles. The lowest BCUT2D eigenvalue weighted by atomic mass is 10.2. The predicted molar refractivity (Wildman–Crippen MR) is 56.9 cm³/mol. The zero-order chi connectivity index (χ0) is 10.7. The van der Waals surface area contributed by atoms with Crippen molar-refractivity contribution >= 4 is 5.91 Å². The average molecular weight is 199 g/mol. The highest BCUT2D eigenvalue weighted by Gasteiger charge is 2.29. The van der Waals surface area contributed by atoms with Crippen LogP contribution in [0.25, 0.3) is 0 Å². The quantitative estimate of drug-likeness (QED) is 0.690. The summed E-state index contributed by atoms with van der Waals surface area (Å²) in [5, 5.41) is 0. The van der Waals surface area contributed by atoms with Gasteiger partial charge in [0, 0.05) is 19.1 Å². The highest BCUT2D eigenvalue weighted by atomic mass is 16.2. The van der Waals surface area contributed by atoms with Crippen molar-refractivity contribution in [3.63, 3.8) is 0 Å². The van der Waals surface area contributed by atoms with Gasteiger partial charge in [-0.2, -0.15) is 0 Å². The first-order chi connectivity index (χ1) is 6.56. The standard InChI is InChI=1S/C10H21N3O/c1-4-9(11)10(14)13-6-5-8(7-13)12(2)3/h8-9H,4-7,11H2,1-3H3/t8?,9-/m0/s1. The first-order valence-corrected chi connectivity index (χ1v) is 5.27. The van der Waals surface area contributed by atoms with Crippen molar-refractivity contribution in [3.8, 4) is 0 Å². The van der Waals surface area contributed by atoms with Gasteiger partial charge in [-0.15, -0.1) is 0 Å². The predicted octanol–water partition coefficient (Wildman–Crippen LogP) is -0.114.